The van der Waals surface area contributed by atoms with Gasteiger partial charge >= 0.3 is 0 Å². The van der Waals surface area contributed by atoms with Crippen molar-refractivity contribution in [3.05, 3.63) is 47.5 Å². The Morgan fingerprint density at radius 1 is 1.40 bits per heavy atom. The molecular formula is C19H26N4O2. The van der Waals surface area contributed by atoms with E-state index >= 15 is 0 Å². The molecule has 0 aromatic carbocycles. The number of carbonyl (C=O) groups is 1. The maximum atomic E-state index is 13.0. The van der Waals surface area contributed by atoms with Crippen molar-refractivity contribution in [3.63, 3.8) is 0 Å². The van der Waals surface area contributed by atoms with Gasteiger partial charge in [0.25, 0.3) is 5.91 Å². The second-order valence-electron chi connectivity index (χ2n) is 7.62. The molecule has 0 bridgehead atoms. The van der Waals surface area contributed by atoms with Gasteiger partial charge in [0.05, 0.1) is 12.1 Å². The van der Waals surface area contributed by atoms with Gasteiger partial charge in [0, 0.05) is 37.1 Å². The highest BCUT2D eigenvalue weighted by Crippen LogP contribution is 2.41. The van der Waals surface area contributed by atoms with Crippen LogP contribution in [0.5, 0.6) is 0 Å². The summed E-state index contributed by atoms with van der Waals surface area (Å²) in [6.07, 6.45) is 5.76. The fraction of sp³-hybridized carbons (Fsp3) is 0.526. The summed E-state index contributed by atoms with van der Waals surface area (Å²) in [5.41, 5.74) is 2.36. The highest BCUT2D eigenvalue weighted by atomic mass is 16.3. The van der Waals surface area contributed by atoms with Crippen LogP contribution in [0.15, 0.2) is 30.6 Å². The van der Waals surface area contributed by atoms with E-state index in [2.05, 4.69) is 30.9 Å². The summed E-state index contributed by atoms with van der Waals surface area (Å²) < 4.78 is 1.99. The monoisotopic (exact) mass is 342 g/mol. The Balaban J connectivity index is 1.86. The zero-order valence-electron chi connectivity index (χ0n) is 15.1. The number of aliphatic hydroxyl groups excluding tert-OH is 1. The molecule has 0 radical (unpaired) electrons. The molecule has 0 atom stereocenters. The summed E-state index contributed by atoms with van der Waals surface area (Å²) >= 11 is 0. The quantitative estimate of drug-likeness (QED) is 0.876. The lowest BCUT2D eigenvalue weighted by atomic mass is 10.1. The summed E-state index contributed by atoms with van der Waals surface area (Å²) in [6, 6.07) is 5.70. The zero-order valence-corrected chi connectivity index (χ0v) is 15.1. The Labute approximate surface area is 148 Å². The summed E-state index contributed by atoms with van der Waals surface area (Å²) in [5, 5.41) is 14.0. The van der Waals surface area contributed by atoms with Crippen molar-refractivity contribution in [2.24, 2.45) is 0 Å². The molecule has 1 aliphatic rings. The van der Waals surface area contributed by atoms with Crippen LogP contribution in [0.4, 0.5) is 0 Å². The van der Waals surface area contributed by atoms with Gasteiger partial charge in [-0.2, -0.15) is 5.10 Å². The van der Waals surface area contributed by atoms with Crippen molar-refractivity contribution in [1.29, 1.82) is 0 Å². The molecule has 0 unspecified atom stereocenters. The Morgan fingerprint density at radius 3 is 2.72 bits per heavy atom. The highest BCUT2D eigenvalue weighted by molar-refractivity contribution is 5.92. The molecule has 0 aliphatic heterocycles. The first-order valence-corrected chi connectivity index (χ1v) is 8.79. The number of aromatic nitrogens is 3. The molecule has 3 rings (SSSR count). The Hall–Kier alpha value is -2.21. The summed E-state index contributed by atoms with van der Waals surface area (Å²) in [5.74, 6) is 0.362. The highest BCUT2D eigenvalue weighted by Gasteiger charge is 2.33. The van der Waals surface area contributed by atoms with Crippen LogP contribution in [0.3, 0.4) is 0 Å². The van der Waals surface area contributed by atoms with Crippen LogP contribution in [0.25, 0.3) is 0 Å². The molecule has 1 amide bonds. The minimum Gasteiger partial charge on any atom is -0.395 e. The third kappa shape index (κ3) is 4.07. The maximum Gasteiger partial charge on any atom is 0.274 e. The van der Waals surface area contributed by atoms with Crippen LogP contribution in [-0.4, -0.2) is 43.8 Å². The minimum atomic E-state index is -0.165. The Morgan fingerprint density at radius 2 is 2.16 bits per heavy atom. The first-order chi connectivity index (χ1) is 11.9. The Bertz CT molecular complexity index is 730. The predicted molar refractivity (Wildman–Crippen MR) is 95.3 cm³/mol. The molecule has 6 nitrogen and oxygen atoms in total. The number of carbonyl (C=O) groups excluding carboxylic acids is 1. The molecule has 1 fully saturated rings. The van der Waals surface area contributed by atoms with Gasteiger partial charge in [-0.15, -0.1) is 0 Å². The van der Waals surface area contributed by atoms with Gasteiger partial charge in [-0.25, -0.2) is 0 Å². The molecular weight excluding hydrogens is 316 g/mol. The topological polar surface area (TPSA) is 71.2 Å². The number of hydrogen-bond acceptors (Lipinski definition) is 4. The van der Waals surface area contributed by atoms with Crippen molar-refractivity contribution >= 4 is 5.91 Å². The van der Waals surface area contributed by atoms with E-state index in [1.54, 1.807) is 17.3 Å². The van der Waals surface area contributed by atoms with E-state index in [9.17, 15) is 9.90 Å². The van der Waals surface area contributed by atoms with E-state index in [1.807, 2.05) is 22.9 Å². The van der Waals surface area contributed by atoms with E-state index < -0.39 is 0 Å². The number of nitrogens with zero attached hydrogens (tertiary/aromatic N) is 4. The fourth-order valence-electron chi connectivity index (χ4n) is 2.95. The summed E-state index contributed by atoms with van der Waals surface area (Å²) in [6.45, 7) is 6.90. The minimum absolute atomic E-state index is 0.0819. The van der Waals surface area contributed by atoms with Crippen LogP contribution in [0, 0.1) is 0 Å². The molecule has 2 aromatic heterocycles. The standard InChI is InChI=1S/C19H26N4O2/c1-19(2,3)23-17(15-6-7-15)11-16(21-23)18(25)22(9-10-24)13-14-5-4-8-20-12-14/h4-5,8,11-12,15,24H,6-7,9-10,13H2,1-3H3. The largest absolute Gasteiger partial charge is 0.395 e. The van der Waals surface area contributed by atoms with E-state index in [4.69, 9.17) is 0 Å². The molecule has 25 heavy (non-hydrogen) atoms. The van der Waals surface area contributed by atoms with Crippen molar-refractivity contribution < 1.29 is 9.90 Å². The van der Waals surface area contributed by atoms with Gasteiger partial charge in [0.2, 0.25) is 0 Å². The van der Waals surface area contributed by atoms with E-state index in [0.717, 1.165) is 24.1 Å². The molecule has 6 heteroatoms. The second kappa shape index (κ2) is 6.96. The molecule has 2 aromatic rings. The number of pyridine rings is 1. The lowest BCUT2D eigenvalue weighted by molar-refractivity contribution is 0.0700. The molecule has 0 saturated heterocycles. The van der Waals surface area contributed by atoms with Crippen LogP contribution in [0.2, 0.25) is 0 Å². The van der Waals surface area contributed by atoms with Crippen LogP contribution >= 0.6 is 0 Å². The van der Waals surface area contributed by atoms with Crippen molar-refractivity contribution in [2.75, 3.05) is 13.2 Å². The van der Waals surface area contributed by atoms with Gasteiger partial charge in [-0.05, 0) is 51.3 Å². The van der Waals surface area contributed by atoms with E-state index in [-0.39, 0.29) is 24.6 Å². The molecule has 1 N–H and O–H groups in total. The van der Waals surface area contributed by atoms with Crippen molar-refractivity contribution in [1.82, 2.24) is 19.7 Å². The van der Waals surface area contributed by atoms with Gasteiger partial charge in [-0.3, -0.25) is 14.5 Å². The first-order valence-electron chi connectivity index (χ1n) is 8.79. The van der Waals surface area contributed by atoms with Crippen LogP contribution in [0.1, 0.15) is 61.3 Å². The van der Waals surface area contributed by atoms with E-state index in [1.165, 1.54) is 0 Å². The van der Waals surface area contributed by atoms with E-state index in [0.29, 0.717) is 18.2 Å². The second-order valence-corrected chi connectivity index (χ2v) is 7.62. The van der Waals surface area contributed by atoms with Gasteiger partial charge in [-0.1, -0.05) is 6.07 Å². The van der Waals surface area contributed by atoms with Crippen molar-refractivity contribution in [2.45, 2.75) is 51.6 Å². The molecule has 1 saturated carbocycles. The molecule has 2 heterocycles. The predicted octanol–water partition coefficient (Wildman–Crippen LogP) is 2.55. The van der Waals surface area contributed by atoms with Crippen molar-refractivity contribution in [3.8, 4) is 0 Å². The molecule has 134 valence electrons. The van der Waals surface area contributed by atoms with Gasteiger partial charge in [0.1, 0.15) is 0 Å². The summed E-state index contributed by atoms with van der Waals surface area (Å²) in [4.78, 5) is 18.7. The zero-order chi connectivity index (χ0) is 18.0. The number of aliphatic hydroxyl groups is 1. The molecule has 0 spiro atoms. The lowest BCUT2D eigenvalue weighted by Crippen LogP contribution is -2.34. The average molecular weight is 342 g/mol. The third-order valence-electron chi connectivity index (χ3n) is 4.34. The van der Waals surface area contributed by atoms with Crippen LogP contribution < -0.4 is 0 Å². The third-order valence-corrected chi connectivity index (χ3v) is 4.34. The SMILES string of the molecule is CC(C)(C)n1nc(C(=O)N(CCO)Cc2cccnc2)cc1C1CC1. The lowest BCUT2D eigenvalue weighted by Gasteiger charge is -2.23. The maximum absolute atomic E-state index is 13.0. The fourth-order valence-corrected chi connectivity index (χ4v) is 2.95. The van der Waals surface area contributed by atoms with Gasteiger partial charge < -0.3 is 10.0 Å². The first kappa shape index (κ1) is 17.6. The Kier molecular flexibility index (Phi) is 4.90. The number of rotatable bonds is 6. The average Bonchev–Trinajstić information content (AvgIpc) is 3.32. The van der Waals surface area contributed by atoms with Crippen LogP contribution in [-0.2, 0) is 12.1 Å². The summed E-state index contributed by atoms with van der Waals surface area (Å²) in [7, 11) is 0. The normalized spacial score (nSPS) is 14.6. The molecule has 1 aliphatic carbocycles. The number of hydrogen-bond donors (Lipinski definition) is 1. The van der Waals surface area contributed by atoms with Gasteiger partial charge in [0.15, 0.2) is 5.69 Å². The number of amides is 1. The smallest absolute Gasteiger partial charge is 0.274 e.